The van der Waals surface area contributed by atoms with Crippen LogP contribution in [0.3, 0.4) is 0 Å². The van der Waals surface area contributed by atoms with Gasteiger partial charge in [0.25, 0.3) is 0 Å². The fraction of sp³-hybridized carbons (Fsp3) is 0. The molecule has 3 rings (SSSR count). The largest absolute Gasteiger partial charge is 0.339 e. The van der Waals surface area contributed by atoms with Gasteiger partial charge >= 0.3 is 0 Å². The highest BCUT2D eigenvalue weighted by Crippen LogP contribution is 2.24. The van der Waals surface area contributed by atoms with Crippen LogP contribution in [0.15, 0.2) is 64.7 Å². The van der Waals surface area contributed by atoms with E-state index >= 15 is 0 Å². The van der Waals surface area contributed by atoms with Gasteiger partial charge in [0.1, 0.15) is 5.69 Å². The predicted molar refractivity (Wildman–Crippen MR) is 90.6 cm³/mol. The van der Waals surface area contributed by atoms with Crippen LogP contribution in [-0.2, 0) is 10.0 Å². The molecule has 1 heterocycles. The van der Waals surface area contributed by atoms with Crippen molar-refractivity contribution < 1.29 is 8.42 Å². The smallest absolute Gasteiger partial charge is 0.238 e. The highest BCUT2D eigenvalue weighted by Gasteiger charge is 2.08. The first-order chi connectivity index (χ1) is 11.5. The van der Waals surface area contributed by atoms with E-state index in [4.69, 9.17) is 5.14 Å². The van der Waals surface area contributed by atoms with Gasteiger partial charge in [-0.2, -0.15) is 5.10 Å². The average molecular weight is 343 g/mol. The van der Waals surface area contributed by atoms with Crippen molar-refractivity contribution in [1.82, 2.24) is 10.2 Å². The Balaban J connectivity index is 1.77. The number of hydrogen-bond donors (Lipinski definition) is 3. The van der Waals surface area contributed by atoms with Crippen molar-refractivity contribution in [2.24, 2.45) is 10.3 Å². The summed E-state index contributed by atoms with van der Waals surface area (Å²) in [6.07, 6.45) is 0. The Labute approximate surface area is 137 Å². The minimum absolute atomic E-state index is 0.0413. The lowest BCUT2D eigenvalue weighted by Gasteiger charge is -2.03. The number of H-pyrrole nitrogens is 1. The maximum Gasteiger partial charge on any atom is 0.238 e. The van der Waals surface area contributed by atoms with Crippen molar-refractivity contribution in [3.05, 3.63) is 59.5 Å². The third kappa shape index (κ3) is 3.47. The number of hydrogen-bond acceptors (Lipinski definition) is 6. The lowest BCUT2D eigenvalue weighted by atomic mass is 10.1. The molecule has 0 saturated carbocycles. The molecule has 122 valence electrons. The molecule has 2 aromatic carbocycles. The normalized spacial score (nSPS) is 11.2. The van der Waals surface area contributed by atoms with Crippen molar-refractivity contribution in [2.45, 2.75) is 4.90 Å². The topological polar surface area (TPSA) is 130 Å². The Morgan fingerprint density at radius 1 is 1.04 bits per heavy atom. The Morgan fingerprint density at radius 3 is 2.29 bits per heavy atom. The van der Waals surface area contributed by atoms with E-state index in [1.165, 1.54) is 12.1 Å². The molecule has 0 atom stereocenters. The van der Waals surface area contributed by atoms with E-state index in [9.17, 15) is 13.3 Å². The molecule has 1 aromatic heterocycles. The zero-order chi connectivity index (χ0) is 17.2. The second kappa shape index (κ2) is 6.22. The molecule has 0 spiro atoms. The molecule has 9 heteroatoms. The predicted octanol–water partition coefficient (Wildman–Crippen LogP) is 2.87. The van der Waals surface area contributed by atoms with E-state index in [1.54, 1.807) is 42.5 Å². The molecule has 0 aliphatic heterocycles. The Kier molecular flexibility index (Phi) is 4.11. The lowest BCUT2D eigenvalue weighted by Crippen LogP contribution is -2.11. The van der Waals surface area contributed by atoms with E-state index in [0.717, 1.165) is 11.3 Å². The van der Waals surface area contributed by atoms with Gasteiger partial charge in [0.15, 0.2) is 5.82 Å². The Bertz CT molecular complexity index is 963. The minimum Gasteiger partial charge on any atom is -0.339 e. The van der Waals surface area contributed by atoms with Crippen LogP contribution in [0.1, 0.15) is 0 Å². The van der Waals surface area contributed by atoms with E-state index in [-0.39, 0.29) is 4.90 Å². The maximum absolute atomic E-state index is 11.2. The first-order valence-corrected chi connectivity index (χ1v) is 8.39. The van der Waals surface area contributed by atoms with Crippen LogP contribution >= 0.6 is 0 Å². The van der Waals surface area contributed by atoms with E-state index in [1.807, 2.05) is 0 Å². The quantitative estimate of drug-likeness (QED) is 0.613. The summed E-state index contributed by atoms with van der Waals surface area (Å²) >= 11 is 0. The first-order valence-electron chi connectivity index (χ1n) is 6.85. The van der Waals surface area contributed by atoms with Crippen molar-refractivity contribution in [3.8, 4) is 11.3 Å². The van der Waals surface area contributed by atoms with E-state index in [2.05, 4.69) is 20.7 Å². The standard InChI is InChI=1S/C15H13N5O3S/c16-24(22,23)13-7-5-11(6-8-13)17-15-9-14(18-19-15)10-1-3-12(20-21)4-2-10/h1-9H,(H2,16,22,23)(H2,17,18,19). The summed E-state index contributed by atoms with van der Waals surface area (Å²) in [5.41, 5.74) is 2.64. The van der Waals surface area contributed by atoms with Crippen LogP contribution in [0.2, 0.25) is 0 Å². The van der Waals surface area contributed by atoms with Gasteiger partial charge in [-0.3, -0.25) is 5.10 Å². The molecule has 0 amide bonds. The number of anilines is 2. The third-order valence-electron chi connectivity index (χ3n) is 3.32. The summed E-state index contributed by atoms with van der Waals surface area (Å²) in [5, 5.41) is 18.0. The van der Waals surface area contributed by atoms with Crippen LogP contribution in [0, 0.1) is 4.91 Å². The Morgan fingerprint density at radius 2 is 1.71 bits per heavy atom. The van der Waals surface area contributed by atoms with Crippen LogP contribution in [-0.4, -0.2) is 18.6 Å². The summed E-state index contributed by atoms with van der Waals surface area (Å²) in [5.74, 6) is 0.561. The molecular formula is C15H13N5O3S. The summed E-state index contributed by atoms with van der Waals surface area (Å²) in [6.45, 7) is 0. The number of nitrogens with zero attached hydrogens (tertiary/aromatic N) is 2. The van der Waals surface area contributed by atoms with Gasteiger partial charge in [0.2, 0.25) is 10.0 Å². The molecule has 4 N–H and O–H groups in total. The number of nitroso groups, excluding NO2 is 1. The zero-order valence-electron chi connectivity index (χ0n) is 12.3. The number of sulfonamides is 1. The Hall–Kier alpha value is -3.04. The van der Waals surface area contributed by atoms with Crippen LogP contribution in [0.4, 0.5) is 17.2 Å². The number of benzene rings is 2. The number of primary sulfonamides is 1. The molecule has 0 bridgehead atoms. The van der Waals surface area contributed by atoms with Gasteiger partial charge < -0.3 is 5.32 Å². The molecule has 8 nitrogen and oxygen atoms in total. The molecule has 0 fully saturated rings. The van der Waals surface area contributed by atoms with Gasteiger partial charge in [-0.1, -0.05) is 12.1 Å². The number of aromatic nitrogens is 2. The highest BCUT2D eigenvalue weighted by atomic mass is 32.2. The van der Waals surface area contributed by atoms with Crippen molar-refractivity contribution >= 4 is 27.2 Å². The molecule has 0 radical (unpaired) electrons. The average Bonchev–Trinajstić information content (AvgIpc) is 3.03. The minimum atomic E-state index is -3.71. The summed E-state index contributed by atoms with van der Waals surface area (Å²) in [4.78, 5) is 10.5. The zero-order valence-corrected chi connectivity index (χ0v) is 13.1. The molecule has 0 aliphatic carbocycles. The second-order valence-electron chi connectivity index (χ2n) is 5.00. The third-order valence-corrected chi connectivity index (χ3v) is 4.25. The van der Waals surface area contributed by atoms with Crippen LogP contribution in [0.5, 0.6) is 0 Å². The number of aromatic amines is 1. The van der Waals surface area contributed by atoms with Crippen LogP contribution < -0.4 is 10.5 Å². The number of nitrogens with two attached hydrogens (primary N) is 1. The lowest BCUT2D eigenvalue weighted by molar-refractivity contribution is 0.598. The monoisotopic (exact) mass is 343 g/mol. The molecule has 0 unspecified atom stereocenters. The molecule has 0 aliphatic rings. The molecule has 24 heavy (non-hydrogen) atoms. The fourth-order valence-electron chi connectivity index (χ4n) is 2.11. The van der Waals surface area contributed by atoms with E-state index < -0.39 is 10.0 Å². The number of nitrogens with one attached hydrogen (secondary N) is 2. The molecule has 3 aromatic rings. The van der Waals surface area contributed by atoms with Gasteiger partial charge in [-0.05, 0) is 47.1 Å². The second-order valence-corrected chi connectivity index (χ2v) is 6.56. The van der Waals surface area contributed by atoms with Crippen molar-refractivity contribution in [3.63, 3.8) is 0 Å². The molecule has 0 saturated heterocycles. The maximum atomic E-state index is 11.2. The van der Waals surface area contributed by atoms with Gasteiger partial charge in [-0.25, -0.2) is 13.6 Å². The summed E-state index contributed by atoms with van der Waals surface area (Å²) in [6, 6.07) is 14.6. The van der Waals surface area contributed by atoms with Gasteiger partial charge in [0, 0.05) is 11.8 Å². The number of rotatable bonds is 5. The van der Waals surface area contributed by atoms with Crippen LogP contribution in [0.25, 0.3) is 11.3 Å². The van der Waals surface area contributed by atoms with Gasteiger partial charge in [0.05, 0.1) is 10.6 Å². The fourth-order valence-corrected chi connectivity index (χ4v) is 2.63. The van der Waals surface area contributed by atoms with Gasteiger partial charge in [-0.15, -0.1) is 4.91 Å². The van der Waals surface area contributed by atoms with Crippen molar-refractivity contribution in [2.75, 3.05) is 5.32 Å². The first kappa shape index (κ1) is 15.8. The SMILES string of the molecule is NS(=O)(=O)c1ccc(Nc2cc(-c3ccc(N=O)cc3)[nH]n2)cc1. The van der Waals surface area contributed by atoms with E-state index in [0.29, 0.717) is 17.2 Å². The molecular weight excluding hydrogens is 330 g/mol. The highest BCUT2D eigenvalue weighted by molar-refractivity contribution is 7.89. The summed E-state index contributed by atoms with van der Waals surface area (Å²) in [7, 11) is -3.71. The van der Waals surface area contributed by atoms with Crippen molar-refractivity contribution in [1.29, 1.82) is 0 Å². The summed E-state index contributed by atoms with van der Waals surface area (Å²) < 4.78 is 22.4.